The molecule has 0 unspecified atom stereocenters. The Morgan fingerprint density at radius 2 is 2.11 bits per heavy atom. The first-order chi connectivity index (χ1) is 18.0. The molecule has 38 heavy (non-hydrogen) atoms. The smallest absolute Gasteiger partial charge is 0.170 e. The normalized spacial score (nSPS) is 14.9. The Morgan fingerprint density at radius 3 is 2.84 bits per heavy atom. The number of pyridine rings is 1. The monoisotopic (exact) mass is 532 g/mol. The zero-order chi connectivity index (χ0) is 27.2. The molecule has 0 spiro atoms. The Balaban J connectivity index is 1.79. The molecule has 5 rings (SSSR count). The molecule has 0 amide bonds. The third kappa shape index (κ3) is 5.16. The first-order valence-electron chi connectivity index (χ1n) is 11.8. The van der Waals surface area contributed by atoms with E-state index in [1.165, 1.54) is 16.8 Å². The van der Waals surface area contributed by atoms with Gasteiger partial charge in [-0.2, -0.15) is 10.2 Å². The molecule has 1 aliphatic rings. The lowest BCUT2D eigenvalue weighted by molar-refractivity contribution is 0.186. The van der Waals surface area contributed by atoms with Crippen LogP contribution in [-0.2, 0) is 24.8 Å². The van der Waals surface area contributed by atoms with Crippen LogP contribution in [0.2, 0.25) is 5.15 Å². The van der Waals surface area contributed by atoms with Gasteiger partial charge in [-0.1, -0.05) is 11.6 Å². The summed E-state index contributed by atoms with van der Waals surface area (Å²) < 4.78 is 29.1. The second-order valence-electron chi connectivity index (χ2n) is 9.29. The molecule has 13 heteroatoms. The van der Waals surface area contributed by atoms with E-state index in [0.29, 0.717) is 51.6 Å². The summed E-state index contributed by atoms with van der Waals surface area (Å²) in [7, 11) is 14.8. The zero-order valence-electron chi connectivity index (χ0n) is 21.1. The van der Waals surface area contributed by atoms with Crippen LogP contribution in [0.4, 0.5) is 10.2 Å². The van der Waals surface area contributed by atoms with Gasteiger partial charge in [0, 0.05) is 66.2 Å². The number of benzene rings is 1. The van der Waals surface area contributed by atoms with Gasteiger partial charge in [-0.05, 0) is 31.2 Å². The molecule has 1 atom stereocenters. The van der Waals surface area contributed by atoms with Gasteiger partial charge in [-0.3, -0.25) is 9.36 Å². The predicted octanol–water partition coefficient (Wildman–Crippen LogP) is 3.18. The van der Waals surface area contributed by atoms with Gasteiger partial charge in [0.05, 0.1) is 17.9 Å². The highest BCUT2D eigenvalue weighted by atomic mass is 35.5. The van der Waals surface area contributed by atoms with Crippen molar-refractivity contribution in [3.05, 3.63) is 64.3 Å². The minimum absolute atomic E-state index is 0.183. The lowest BCUT2D eigenvalue weighted by Gasteiger charge is -2.23. The van der Waals surface area contributed by atoms with Crippen molar-refractivity contribution in [2.75, 3.05) is 19.2 Å². The highest BCUT2D eigenvalue weighted by Crippen LogP contribution is 2.40. The van der Waals surface area contributed by atoms with Crippen LogP contribution in [-0.4, -0.2) is 64.6 Å². The van der Waals surface area contributed by atoms with Crippen LogP contribution in [0, 0.1) is 5.82 Å². The van der Waals surface area contributed by atoms with Crippen molar-refractivity contribution in [3.63, 3.8) is 0 Å². The number of halogens is 2. The van der Waals surface area contributed by atoms with Crippen molar-refractivity contribution >= 4 is 33.1 Å². The summed E-state index contributed by atoms with van der Waals surface area (Å²) in [6.45, 7) is 1.78. The van der Waals surface area contributed by atoms with Crippen LogP contribution in [0.15, 0.2) is 36.7 Å². The fourth-order valence-corrected chi connectivity index (χ4v) is 4.91. The molecule has 4 aromatic rings. The number of ether oxygens (including phenoxy) is 2. The topological polar surface area (TPSA) is 99.2 Å². The van der Waals surface area contributed by atoms with E-state index in [2.05, 4.69) is 20.5 Å². The number of aliphatic hydroxyl groups is 1. The summed E-state index contributed by atoms with van der Waals surface area (Å²) in [5.41, 5.74) is 4.62. The van der Waals surface area contributed by atoms with Gasteiger partial charge in [0.15, 0.2) is 16.7 Å². The highest BCUT2D eigenvalue weighted by Gasteiger charge is 2.28. The second kappa shape index (κ2) is 10.1. The number of methoxy groups -OCH3 is 1. The Labute approximate surface area is 226 Å². The van der Waals surface area contributed by atoms with Crippen LogP contribution in [0.3, 0.4) is 0 Å². The van der Waals surface area contributed by atoms with Crippen molar-refractivity contribution in [3.8, 4) is 28.3 Å². The maximum absolute atomic E-state index is 14.5. The molecule has 2 bridgehead atoms. The quantitative estimate of drug-likeness (QED) is 0.301. The van der Waals surface area contributed by atoms with Crippen LogP contribution in [0.25, 0.3) is 22.5 Å². The molecule has 4 heterocycles. The minimum Gasteiger partial charge on any atom is -0.482 e. The second-order valence-corrected chi connectivity index (χ2v) is 9.65. The molecule has 9 nitrogen and oxygen atoms in total. The Bertz CT molecular complexity index is 1500. The van der Waals surface area contributed by atoms with Crippen LogP contribution in [0.5, 0.6) is 5.75 Å². The molecule has 2 N–H and O–H groups in total. The minimum atomic E-state index is -2.05. The van der Waals surface area contributed by atoms with Crippen LogP contribution in [0.1, 0.15) is 29.7 Å². The number of aromatic nitrogens is 5. The molecule has 192 valence electrons. The number of nitrogens with zero attached hydrogens (tertiary/aromatic N) is 5. The lowest BCUT2D eigenvalue weighted by Crippen LogP contribution is -2.35. The van der Waals surface area contributed by atoms with E-state index >= 15 is 0 Å². The fraction of sp³-hybridized carbons (Fsp3) is 0.320. The van der Waals surface area contributed by atoms with E-state index in [0.717, 1.165) is 5.56 Å². The number of hydrogen-bond acceptors (Lipinski definition) is 7. The number of rotatable bonds is 5. The lowest BCUT2D eigenvalue weighted by atomic mass is 9.65. The number of anilines is 1. The molecule has 1 aromatic carbocycles. The van der Waals surface area contributed by atoms with E-state index in [4.69, 9.17) is 36.8 Å². The fourth-order valence-electron chi connectivity index (χ4n) is 4.66. The molecule has 1 aliphatic heterocycles. The summed E-state index contributed by atoms with van der Waals surface area (Å²) in [6, 6.07) is 6.30. The van der Waals surface area contributed by atoms with Crippen LogP contribution >= 0.6 is 11.6 Å². The average Bonchev–Trinajstić information content (AvgIpc) is 3.35. The van der Waals surface area contributed by atoms with Gasteiger partial charge in [0.2, 0.25) is 0 Å². The molecule has 0 saturated carbocycles. The largest absolute Gasteiger partial charge is 0.482 e. The first-order valence-corrected chi connectivity index (χ1v) is 12.2. The van der Waals surface area contributed by atoms with Gasteiger partial charge < -0.3 is 19.9 Å². The molecule has 3 aromatic heterocycles. The number of fused-ring (bicyclic) bond motifs is 7. The van der Waals surface area contributed by atoms with E-state index in [-0.39, 0.29) is 18.4 Å². The SMILES string of the molecule is [B]C([B])(O)Cn1nc(Cl)c2c1-c1cnc(NCOC)c(c1)O[C@H](C)c1cc(F)ccc1-c1nn(C)cc1C2. The summed E-state index contributed by atoms with van der Waals surface area (Å²) in [5, 5.41) is 20.5. The van der Waals surface area contributed by atoms with E-state index in [1.54, 1.807) is 30.1 Å². The van der Waals surface area contributed by atoms with Crippen molar-refractivity contribution in [1.82, 2.24) is 24.5 Å². The maximum Gasteiger partial charge on any atom is 0.170 e. The zero-order valence-corrected chi connectivity index (χ0v) is 21.8. The molecule has 0 saturated heterocycles. The van der Waals surface area contributed by atoms with Crippen LogP contribution < -0.4 is 10.1 Å². The summed E-state index contributed by atoms with van der Waals surface area (Å²) in [5.74, 6) is 0.412. The number of nitrogens with one attached hydrogen (secondary N) is 1. The molecular formula is C25H24B2ClFN6O3. The van der Waals surface area contributed by atoms with Crippen molar-refractivity contribution in [1.29, 1.82) is 0 Å². The predicted molar refractivity (Wildman–Crippen MR) is 143 cm³/mol. The maximum atomic E-state index is 14.5. The van der Waals surface area contributed by atoms with Gasteiger partial charge in [-0.25, -0.2) is 9.37 Å². The summed E-state index contributed by atoms with van der Waals surface area (Å²) in [4.78, 5) is 4.55. The number of aryl methyl sites for hydroxylation is 1. The van der Waals surface area contributed by atoms with Gasteiger partial charge >= 0.3 is 0 Å². The van der Waals surface area contributed by atoms with E-state index in [9.17, 15) is 9.50 Å². The molecule has 0 aliphatic carbocycles. The van der Waals surface area contributed by atoms with Crippen molar-refractivity contribution in [2.24, 2.45) is 7.05 Å². The Morgan fingerprint density at radius 1 is 1.32 bits per heavy atom. The average molecular weight is 533 g/mol. The Kier molecular flexibility index (Phi) is 6.97. The van der Waals surface area contributed by atoms with Gasteiger partial charge in [0.1, 0.15) is 34.3 Å². The summed E-state index contributed by atoms with van der Waals surface area (Å²) >= 11 is 6.66. The highest BCUT2D eigenvalue weighted by molar-refractivity contribution is 6.38. The van der Waals surface area contributed by atoms with E-state index < -0.39 is 17.3 Å². The standard InChI is InChI=1S/C25H24B2ClFN6O3/c1-13-18-8-16(29)4-5-17(18)21-15(10-34(2)32-21)6-19-22(35(33-23(19)28)11-25(26,27)36)14-7-20(38-13)24(30-9-14)31-12-37-3/h4-5,7-10,13,36H,6,11-12H2,1-3H3,(H,30,31)/t13-/m1/s1. The summed E-state index contributed by atoms with van der Waals surface area (Å²) in [6.07, 6.45) is 3.25. The third-order valence-corrected chi connectivity index (χ3v) is 6.50. The third-order valence-electron chi connectivity index (χ3n) is 6.20. The molecule has 0 fully saturated rings. The van der Waals surface area contributed by atoms with Gasteiger partial charge in [-0.15, -0.1) is 0 Å². The first kappa shape index (κ1) is 26.3. The van der Waals surface area contributed by atoms with Crippen molar-refractivity contribution in [2.45, 2.75) is 31.4 Å². The number of hydrogen-bond donors (Lipinski definition) is 2. The van der Waals surface area contributed by atoms with E-state index in [1.807, 2.05) is 20.2 Å². The molecular weight excluding hydrogens is 508 g/mol. The molecule has 4 radical (unpaired) electrons. The Hall–Kier alpha value is -3.34. The van der Waals surface area contributed by atoms with Gasteiger partial charge in [0.25, 0.3) is 0 Å². The van der Waals surface area contributed by atoms with Crippen molar-refractivity contribution < 1.29 is 19.0 Å².